The molecule has 1 aromatic carbocycles. The van der Waals surface area contributed by atoms with Gasteiger partial charge in [-0.15, -0.1) is 0 Å². The number of ether oxygens (including phenoxy) is 1. The van der Waals surface area contributed by atoms with Crippen LogP contribution in [0.3, 0.4) is 0 Å². The van der Waals surface area contributed by atoms with E-state index in [9.17, 15) is 9.59 Å². The maximum atomic E-state index is 12.1. The average Bonchev–Trinajstić information content (AvgIpc) is 2.78. The van der Waals surface area contributed by atoms with Crippen molar-refractivity contribution in [2.45, 2.75) is 12.8 Å². The average molecular weight is 305 g/mol. The largest absolute Gasteiger partial charge is 0.371 e. The zero-order valence-electron chi connectivity index (χ0n) is 12.7. The number of nitrogens with zero attached hydrogens (tertiary/aromatic N) is 2. The summed E-state index contributed by atoms with van der Waals surface area (Å²) in [7, 11) is 0. The number of carbonyl (C=O) groups is 2. The molecule has 2 rings (SSSR count). The van der Waals surface area contributed by atoms with Crippen molar-refractivity contribution >= 4 is 11.9 Å². The van der Waals surface area contributed by atoms with Crippen LogP contribution in [0, 0.1) is 0 Å². The number of rotatable bonds is 5. The molecule has 1 aromatic rings. The van der Waals surface area contributed by atoms with Gasteiger partial charge in [0.15, 0.2) is 0 Å². The number of nitrogens with two attached hydrogens (primary N) is 1. The molecule has 6 heteroatoms. The van der Waals surface area contributed by atoms with Gasteiger partial charge < -0.3 is 20.3 Å². The topological polar surface area (TPSA) is 75.9 Å². The van der Waals surface area contributed by atoms with Crippen molar-refractivity contribution in [2.75, 3.05) is 39.4 Å². The molecule has 0 aromatic heterocycles. The maximum absolute atomic E-state index is 12.1. The molecule has 1 heterocycles. The number of carbonyl (C=O) groups excluding carboxylic acids is 2. The molecule has 1 saturated heterocycles. The number of hydrogen-bond acceptors (Lipinski definition) is 3. The second kappa shape index (κ2) is 8.38. The lowest BCUT2D eigenvalue weighted by molar-refractivity contribution is -0.135. The SMILES string of the molecule is NC(=O)N1CCCN(C(=O)COCCc2ccccc2)CC1. The molecule has 6 nitrogen and oxygen atoms in total. The molecule has 0 radical (unpaired) electrons. The first-order valence-electron chi connectivity index (χ1n) is 7.60. The van der Waals surface area contributed by atoms with Gasteiger partial charge >= 0.3 is 6.03 Å². The lowest BCUT2D eigenvalue weighted by Crippen LogP contribution is -2.40. The molecule has 2 N–H and O–H groups in total. The third-order valence-electron chi connectivity index (χ3n) is 3.76. The Hall–Kier alpha value is -2.08. The summed E-state index contributed by atoms with van der Waals surface area (Å²) in [5.41, 5.74) is 6.47. The van der Waals surface area contributed by atoms with E-state index in [1.54, 1.807) is 9.80 Å². The summed E-state index contributed by atoms with van der Waals surface area (Å²) in [5, 5.41) is 0. The number of primary amides is 1. The highest BCUT2D eigenvalue weighted by atomic mass is 16.5. The van der Waals surface area contributed by atoms with Gasteiger partial charge in [0, 0.05) is 26.2 Å². The number of urea groups is 1. The molecule has 0 spiro atoms. The Morgan fingerprint density at radius 2 is 1.73 bits per heavy atom. The molecule has 3 amide bonds. The summed E-state index contributed by atoms with van der Waals surface area (Å²) in [6.07, 6.45) is 1.54. The smallest absolute Gasteiger partial charge is 0.314 e. The summed E-state index contributed by atoms with van der Waals surface area (Å²) < 4.78 is 5.47. The molecule has 1 aliphatic heterocycles. The first-order valence-corrected chi connectivity index (χ1v) is 7.60. The fraction of sp³-hybridized carbons (Fsp3) is 0.500. The van der Waals surface area contributed by atoms with E-state index in [0.29, 0.717) is 32.8 Å². The Labute approximate surface area is 130 Å². The minimum atomic E-state index is -0.423. The normalized spacial score (nSPS) is 15.5. The first-order chi connectivity index (χ1) is 10.7. The van der Waals surface area contributed by atoms with Gasteiger partial charge in [-0.05, 0) is 18.4 Å². The van der Waals surface area contributed by atoms with Crippen LogP contribution < -0.4 is 5.73 Å². The van der Waals surface area contributed by atoms with Gasteiger partial charge in [-0.1, -0.05) is 30.3 Å². The van der Waals surface area contributed by atoms with Gasteiger partial charge in [0.1, 0.15) is 6.61 Å². The van der Waals surface area contributed by atoms with Gasteiger partial charge in [0.25, 0.3) is 0 Å². The van der Waals surface area contributed by atoms with Crippen molar-refractivity contribution in [3.05, 3.63) is 35.9 Å². The molecule has 1 fully saturated rings. The van der Waals surface area contributed by atoms with Crippen LogP contribution in [-0.2, 0) is 16.0 Å². The molecule has 0 bridgehead atoms. The monoisotopic (exact) mass is 305 g/mol. The van der Waals surface area contributed by atoms with E-state index in [-0.39, 0.29) is 12.5 Å². The quantitative estimate of drug-likeness (QED) is 0.820. The molecular formula is C16H23N3O3. The van der Waals surface area contributed by atoms with Crippen LogP contribution >= 0.6 is 0 Å². The molecule has 0 atom stereocenters. The lowest BCUT2D eigenvalue weighted by Gasteiger charge is -2.21. The Balaban J connectivity index is 1.67. The number of amides is 3. The van der Waals surface area contributed by atoms with Gasteiger partial charge in [-0.2, -0.15) is 0 Å². The zero-order chi connectivity index (χ0) is 15.8. The number of benzene rings is 1. The van der Waals surface area contributed by atoms with Crippen LogP contribution in [0.15, 0.2) is 30.3 Å². The fourth-order valence-electron chi connectivity index (χ4n) is 2.47. The van der Waals surface area contributed by atoms with Crippen molar-refractivity contribution < 1.29 is 14.3 Å². The van der Waals surface area contributed by atoms with Crippen LogP contribution in [0.25, 0.3) is 0 Å². The van der Waals surface area contributed by atoms with Gasteiger partial charge in [0.2, 0.25) is 5.91 Å². The minimum Gasteiger partial charge on any atom is -0.371 e. The van der Waals surface area contributed by atoms with Crippen molar-refractivity contribution in [3.63, 3.8) is 0 Å². The van der Waals surface area contributed by atoms with Gasteiger partial charge in [0.05, 0.1) is 6.61 Å². The van der Waals surface area contributed by atoms with Gasteiger partial charge in [-0.3, -0.25) is 4.79 Å². The third kappa shape index (κ3) is 5.04. The van der Waals surface area contributed by atoms with Crippen molar-refractivity contribution in [3.8, 4) is 0 Å². The van der Waals surface area contributed by atoms with Crippen LogP contribution in [0.2, 0.25) is 0 Å². The summed E-state index contributed by atoms with van der Waals surface area (Å²) >= 11 is 0. The Morgan fingerprint density at radius 1 is 1.05 bits per heavy atom. The maximum Gasteiger partial charge on any atom is 0.314 e. The van der Waals surface area contributed by atoms with Crippen LogP contribution in [0.5, 0.6) is 0 Å². The molecule has 22 heavy (non-hydrogen) atoms. The van der Waals surface area contributed by atoms with E-state index >= 15 is 0 Å². The van der Waals surface area contributed by atoms with Gasteiger partial charge in [-0.25, -0.2) is 4.79 Å². The van der Waals surface area contributed by atoms with E-state index in [0.717, 1.165) is 12.8 Å². The summed E-state index contributed by atoms with van der Waals surface area (Å²) in [6.45, 7) is 2.87. The summed E-state index contributed by atoms with van der Waals surface area (Å²) in [5.74, 6) is -0.0283. The molecule has 0 unspecified atom stereocenters. The summed E-state index contributed by atoms with van der Waals surface area (Å²) in [4.78, 5) is 26.6. The van der Waals surface area contributed by atoms with E-state index < -0.39 is 6.03 Å². The van der Waals surface area contributed by atoms with E-state index in [1.807, 2.05) is 30.3 Å². The van der Waals surface area contributed by atoms with Crippen molar-refractivity contribution in [1.82, 2.24) is 9.80 Å². The van der Waals surface area contributed by atoms with Crippen molar-refractivity contribution in [2.24, 2.45) is 5.73 Å². The second-order valence-electron chi connectivity index (χ2n) is 5.35. The fourth-order valence-corrected chi connectivity index (χ4v) is 2.47. The highest BCUT2D eigenvalue weighted by Gasteiger charge is 2.20. The molecule has 1 aliphatic rings. The van der Waals surface area contributed by atoms with Crippen LogP contribution in [0.4, 0.5) is 4.79 Å². The summed E-state index contributed by atoms with van der Waals surface area (Å²) in [6, 6.07) is 9.61. The molecule has 0 saturated carbocycles. The van der Waals surface area contributed by atoms with E-state index in [2.05, 4.69) is 0 Å². The third-order valence-corrected chi connectivity index (χ3v) is 3.76. The predicted octanol–water partition coefficient (Wildman–Crippen LogP) is 0.859. The van der Waals surface area contributed by atoms with Crippen LogP contribution in [-0.4, -0.2) is 61.1 Å². The van der Waals surface area contributed by atoms with Crippen molar-refractivity contribution in [1.29, 1.82) is 0 Å². The van der Waals surface area contributed by atoms with Crippen LogP contribution in [0.1, 0.15) is 12.0 Å². The first kappa shape index (κ1) is 16.3. The molecular weight excluding hydrogens is 282 g/mol. The predicted molar refractivity (Wildman–Crippen MR) is 83.3 cm³/mol. The Kier molecular flexibility index (Phi) is 6.21. The van der Waals surface area contributed by atoms with E-state index in [4.69, 9.17) is 10.5 Å². The lowest BCUT2D eigenvalue weighted by atomic mass is 10.2. The molecule has 0 aliphatic carbocycles. The highest BCUT2D eigenvalue weighted by Crippen LogP contribution is 2.04. The Morgan fingerprint density at radius 3 is 2.45 bits per heavy atom. The minimum absolute atomic E-state index is 0.0283. The molecule has 120 valence electrons. The standard InChI is InChI=1S/C16H23N3O3/c17-16(21)19-9-4-8-18(10-11-19)15(20)13-22-12-7-14-5-2-1-3-6-14/h1-3,5-6H,4,7-13H2,(H2,17,21). The second-order valence-corrected chi connectivity index (χ2v) is 5.35. The zero-order valence-corrected chi connectivity index (χ0v) is 12.7. The highest BCUT2D eigenvalue weighted by molar-refractivity contribution is 5.77. The Bertz CT molecular complexity index is 493. The van der Waals surface area contributed by atoms with E-state index in [1.165, 1.54) is 5.56 Å². The number of hydrogen-bond donors (Lipinski definition) is 1.